The van der Waals surface area contributed by atoms with Crippen molar-refractivity contribution in [2.45, 2.75) is 30.9 Å². The first-order valence-electron chi connectivity index (χ1n) is 8.94. The second-order valence-electron chi connectivity index (χ2n) is 6.96. The third-order valence-corrected chi connectivity index (χ3v) is 5.31. The summed E-state index contributed by atoms with van der Waals surface area (Å²) in [6.07, 6.45) is 8.19. The van der Waals surface area contributed by atoms with Crippen molar-refractivity contribution in [1.29, 1.82) is 0 Å². The second-order valence-corrected chi connectivity index (χ2v) is 6.96. The van der Waals surface area contributed by atoms with Crippen molar-refractivity contribution in [3.63, 3.8) is 0 Å². The Morgan fingerprint density at radius 2 is 2.12 bits per heavy atom. The van der Waals surface area contributed by atoms with Crippen LogP contribution in [0.3, 0.4) is 0 Å². The van der Waals surface area contributed by atoms with Gasteiger partial charge in [0, 0.05) is 45.0 Å². The fraction of sp³-hybridized carbons (Fsp3) is 0.556. The molecule has 2 fully saturated rings. The summed E-state index contributed by atoms with van der Waals surface area (Å²) in [4.78, 5) is 21.6. The maximum atomic E-state index is 6.33. The molecule has 1 spiro atoms. The average molecular weight is 356 g/mol. The van der Waals surface area contributed by atoms with Gasteiger partial charge in [0.05, 0.1) is 25.4 Å². The molecular formula is C18H24N6O2. The molecule has 0 aromatic carbocycles. The Morgan fingerprint density at radius 3 is 2.92 bits per heavy atom. The molecule has 2 saturated heterocycles. The topological polar surface area (TPSA) is 76.5 Å². The summed E-state index contributed by atoms with van der Waals surface area (Å²) in [6.45, 7) is 2.48. The molecule has 2 aromatic heterocycles. The number of hydrogen-bond acceptors (Lipinski definition) is 8. The van der Waals surface area contributed by atoms with Crippen LogP contribution in [0.1, 0.15) is 19.3 Å². The number of methoxy groups -OCH3 is 1. The Labute approximate surface area is 153 Å². The fourth-order valence-corrected chi connectivity index (χ4v) is 3.90. The zero-order valence-corrected chi connectivity index (χ0v) is 15.2. The summed E-state index contributed by atoms with van der Waals surface area (Å²) in [7, 11) is 3.66. The molecule has 2 atom stereocenters. The third kappa shape index (κ3) is 3.29. The first kappa shape index (κ1) is 17.0. The SMILES string of the molecule is COc1cc(N2CCCC3(CC(N(C)c4ncccn4)CO3)C2)ncn1. The van der Waals surface area contributed by atoms with E-state index in [4.69, 9.17) is 9.47 Å². The zero-order chi connectivity index (χ0) is 18.0. The number of ether oxygens (including phenoxy) is 2. The molecule has 2 aliphatic rings. The van der Waals surface area contributed by atoms with Gasteiger partial charge in [0.15, 0.2) is 0 Å². The molecule has 2 aliphatic heterocycles. The average Bonchev–Trinajstić information content (AvgIpc) is 3.11. The molecule has 0 bridgehead atoms. The van der Waals surface area contributed by atoms with Crippen molar-refractivity contribution >= 4 is 11.8 Å². The van der Waals surface area contributed by atoms with E-state index in [9.17, 15) is 0 Å². The highest BCUT2D eigenvalue weighted by atomic mass is 16.5. The summed E-state index contributed by atoms with van der Waals surface area (Å²) in [5.41, 5.74) is -0.149. The number of aromatic nitrogens is 4. The fourth-order valence-electron chi connectivity index (χ4n) is 3.90. The lowest BCUT2D eigenvalue weighted by Gasteiger charge is -2.40. The zero-order valence-electron chi connectivity index (χ0n) is 15.2. The molecule has 4 rings (SSSR count). The van der Waals surface area contributed by atoms with E-state index in [1.807, 2.05) is 19.2 Å². The summed E-state index contributed by atoms with van der Waals surface area (Å²) in [5, 5.41) is 0. The monoisotopic (exact) mass is 356 g/mol. The van der Waals surface area contributed by atoms with Crippen molar-refractivity contribution in [1.82, 2.24) is 19.9 Å². The molecule has 0 saturated carbocycles. The minimum Gasteiger partial charge on any atom is -0.481 e. The van der Waals surface area contributed by atoms with Crippen LogP contribution in [-0.4, -0.2) is 65.4 Å². The summed E-state index contributed by atoms with van der Waals surface area (Å²) in [6, 6.07) is 3.99. The smallest absolute Gasteiger partial charge is 0.225 e. The molecule has 8 heteroatoms. The normalized spacial score (nSPS) is 25.5. The van der Waals surface area contributed by atoms with Crippen LogP contribution in [0.4, 0.5) is 11.8 Å². The van der Waals surface area contributed by atoms with E-state index in [0.29, 0.717) is 12.5 Å². The molecule has 26 heavy (non-hydrogen) atoms. The molecule has 8 nitrogen and oxygen atoms in total. The number of piperidine rings is 1. The van der Waals surface area contributed by atoms with Crippen molar-refractivity contribution < 1.29 is 9.47 Å². The van der Waals surface area contributed by atoms with Crippen LogP contribution in [0.5, 0.6) is 5.88 Å². The van der Waals surface area contributed by atoms with Gasteiger partial charge in [-0.15, -0.1) is 0 Å². The van der Waals surface area contributed by atoms with E-state index in [2.05, 4.69) is 29.7 Å². The summed E-state index contributed by atoms with van der Waals surface area (Å²) in [5.74, 6) is 2.22. The van der Waals surface area contributed by atoms with Gasteiger partial charge in [-0.05, 0) is 18.9 Å². The summed E-state index contributed by atoms with van der Waals surface area (Å²) >= 11 is 0. The minimum atomic E-state index is -0.149. The molecule has 0 amide bonds. The molecule has 2 aromatic rings. The van der Waals surface area contributed by atoms with Crippen molar-refractivity contribution in [2.75, 3.05) is 43.7 Å². The lowest BCUT2D eigenvalue weighted by atomic mass is 9.88. The van der Waals surface area contributed by atoms with Crippen LogP contribution >= 0.6 is 0 Å². The van der Waals surface area contributed by atoms with Crippen LogP contribution < -0.4 is 14.5 Å². The van der Waals surface area contributed by atoms with Gasteiger partial charge < -0.3 is 19.3 Å². The maximum absolute atomic E-state index is 6.33. The first-order chi connectivity index (χ1) is 12.7. The van der Waals surface area contributed by atoms with Crippen molar-refractivity contribution in [2.24, 2.45) is 0 Å². The molecule has 0 N–H and O–H groups in total. The highest BCUT2D eigenvalue weighted by Crippen LogP contribution is 2.38. The second kappa shape index (κ2) is 7.03. The number of nitrogens with zero attached hydrogens (tertiary/aromatic N) is 6. The van der Waals surface area contributed by atoms with Gasteiger partial charge in [-0.3, -0.25) is 0 Å². The predicted molar refractivity (Wildman–Crippen MR) is 97.6 cm³/mol. The van der Waals surface area contributed by atoms with Gasteiger partial charge in [-0.2, -0.15) is 0 Å². The number of rotatable bonds is 4. The highest BCUT2D eigenvalue weighted by Gasteiger charge is 2.45. The standard InChI is InChI=1S/C18H24N6O2/c1-23(17-19-6-4-7-20-17)14-10-18(26-11-14)5-3-8-24(12-18)15-9-16(25-2)22-13-21-15/h4,6-7,9,13-14H,3,5,8,10-12H2,1-2H3. The van der Waals surface area contributed by atoms with Gasteiger partial charge in [0.25, 0.3) is 0 Å². The van der Waals surface area contributed by atoms with Crippen molar-refractivity contribution in [3.8, 4) is 5.88 Å². The van der Waals surface area contributed by atoms with Crippen LogP contribution in [0.2, 0.25) is 0 Å². The van der Waals surface area contributed by atoms with E-state index in [-0.39, 0.29) is 11.6 Å². The number of likely N-dealkylation sites (N-methyl/N-ethyl adjacent to an activating group) is 1. The van der Waals surface area contributed by atoms with Crippen LogP contribution in [0.25, 0.3) is 0 Å². The van der Waals surface area contributed by atoms with E-state index in [1.54, 1.807) is 25.8 Å². The summed E-state index contributed by atoms with van der Waals surface area (Å²) < 4.78 is 11.6. The first-order valence-corrected chi connectivity index (χ1v) is 8.94. The maximum Gasteiger partial charge on any atom is 0.225 e. The van der Waals surface area contributed by atoms with E-state index < -0.39 is 0 Å². The Balaban J connectivity index is 1.47. The van der Waals surface area contributed by atoms with Gasteiger partial charge in [-0.25, -0.2) is 19.9 Å². The lowest BCUT2D eigenvalue weighted by Crippen LogP contribution is -2.49. The molecule has 0 radical (unpaired) electrons. The lowest BCUT2D eigenvalue weighted by molar-refractivity contribution is -0.00664. The Hall–Kier alpha value is -2.48. The third-order valence-electron chi connectivity index (χ3n) is 5.31. The highest BCUT2D eigenvalue weighted by molar-refractivity contribution is 5.42. The molecule has 2 unspecified atom stereocenters. The Morgan fingerprint density at radius 1 is 1.27 bits per heavy atom. The molecule has 0 aliphatic carbocycles. The van der Waals surface area contributed by atoms with Crippen molar-refractivity contribution in [3.05, 3.63) is 30.9 Å². The number of anilines is 2. The Bertz CT molecular complexity index is 745. The number of hydrogen-bond donors (Lipinski definition) is 0. The Kier molecular flexibility index (Phi) is 4.58. The molecular weight excluding hydrogens is 332 g/mol. The van der Waals surface area contributed by atoms with Crippen LogP contribution in [0, 0.1) is 0 Å². The molecule has 138 valence electrons. The van der Waals surface area contributed by atoms with Gasteiger partial charge in [0.2, 0.25) is 11.8 Å². The van der Waals surface area contributed by atoms with Crippen LogP contribution in [-0.2, 0) is 4.74 Å². The largest absolute Gasteiger partial charge is 0.481 e. The van der Waals surface area contributed by atoms with Gasteiger partial charge in [-0.1, -0.05) is 0 Å². The molecule has 4 heterocycles. The van der Waals surface area contributed by atoms with Gasteiger partial charge in [0.1, 0.15) is 12.1 Å². The van der Waals surface area contributed by atoms with E-state index >= 15 is 0 Å². The quantitative estimate of drug-likeness (QED) is 0.816. The van der Waals surface area contributed by atoms with Gasteiger partial charge >= 0.3 is 0 Å². The van der Waals surface area contributed by atoms with E-state index in [0.717, 1.165) is 44.1 Å². The minimum absolute atomic E-state index is 0.149. The van der Waals surface area contributed by atoms with Crippen LogP contribution in [0.15, 0.2) is 30.9 Å². The predicted octanol–water partition coefficient (Wildman–Crippen LogP) is 1.54. The van der Waals surface area contributed by atoms with E-state index in [1.165, 1.54) is 0 Å².